The van der Waals surface area contributed by atoms with Gasteiger partial charge in [-0.05, 0) is 62.1 Å². The van der Waals surface area contributed by atoms with Gasteiger partial charge in [-0.1, -0.05) is 0 Å². The van der Waals surface area contributed by atoms with E-state index in [9.17, 15) is 9.59 Å². The summed E-state index contributed by atoms with van der Waals surface area (Å²) in [7, 11) is 0. The summed E-state index contributed by atoms with van der Waals surface area (Å²) < 4.78 is 10.9. The predicted octanol–water partition coefficient (Wildman–Crippen LogP) is 3.63. The molecule has 1 aromatic carbocycles. The Balaban J connectivity index is 1.33. The molecule has 0 spiro atoms. The Labute approximate surface area is 170 Å². The number of nitrogens with zero attached hydrogens (tertiary/aromatic N) is 3. The number of cyclic esters (lactones) is 1. The number of benzene rings is 1. The number of pyridine rings is 1. The lowest BCUT2D eigenvalue weighted by molar-refractivity contribution is 0.0357. The second-order valence-corrected chi connectivity index (χ2v) is 7.48. The van der Waals surface area contributed by atoms with Crippen LogP contribution in [0.3, 0.4) is 0 Å². The molecule has 0 aliphatic carbocycles. The molecule has 0 N–H and O–H groups in total. The average Bonchev–Trinajstić information content (AvgIpc) is 2.74. The number of aromatic nitrogens is 1. The number of carbonyl (C=O) groups excluding carboxylic acids is 2. The number of piperidine rings is 1. The van der Waals surface area contributed by atoms with Crippen molar-refractivity contribution in [3.05, 3.63) is 53.7 Å². The molecule has 2 aromatic rings. The number of aryl methyl sites for hydroxylation is 1. The summed E-state index contributed by atoms with van der Waals surface area (Å²) in [6, 6.07) is 11.1. The van der Waals surface area contributed by atoms with Crippen LogP contribution in [0.1, 0.15) is 35.2 Å². The molecule has 2 aliphatic rings. The van der Waals surface area contributed by atoms with E-state index in [2.05, 4.69) is 4.98 Å². The lowest BCUT2D eigenvalue weighted by Gasteiger charge is -2.39. The van der Waals surface area contributed by atoms with Gasteiger partial charge in [0.15, 0.2) is 0 Å². The molecular formula is C22H25N3O4. The molecule has 152 valence electrons. The number of amides is 2. The van der Waals surface area contributed by atoms with Crippen molar-refractivity contribution >= 4 is 12.0 Å². The van der Waals surface area contributed by atoms with Crippen LogP contribution in [-0.4, -0.2) is 59.1 Å². The van der Waals surface area contributed by atoms with Crippen LogP contribution in [0.4, 0.5) is 4.79 Å². The van der Waals surface area contributed by atoms with Gasteiger partial charge in [0.2, 0.25) is 5.88 Å². The van der Waals surface area contributed by atoms with Crippen LogP contribution >= 0.6 is 0 Å². The number of carbonyl (C=O) groups is 2. The van der Waals surface area contributed by atoms with Crippen LogP contribution in [0.5, 0.6) is 11.6 Å². The van der Waals surface area contributed by atoms with Crippen LogP contribution in [0, 0.1) is 6.92 Å². The predicted molar refractivity (Wildman–Crippen MR) is 107 cm³/mol. The highest BCUT2D eigenvalue weighted by atomic mass is 16.6. The third kappa shape index (κ3) is 4.50. The topological polar surface area (TPSA) is 72.0 Å². The fourth-order valence-corrected chi connectivity index (χ4v) is 3.81. The van der Waals surface area contributed by atoms with Crippen molar-refractivity contribution < 1.29 is 19.1 Å². The molecule has 3 heterocycles. The maximum Gasteiger partial charge on any atom is 0.410 e. The number of hydrogen-bond acceptors (Lipinski definition) is 5. The Hall–Kier alpha value is -3.09. The van der Waals surface area contributed by atoms with E-state index < -0.39 is 0 Å². The molecule has 1 aromatic heterocycles. The molecular weight excluding hydrogens is 370 g/mol. The Bertz CT molecular complexity index is 876. The zero-order valence-corrected chi connectivity index (χ0v) is 16.5. The molecule has 4 rings (SSSR count). The van der Waals surface area contributed by atoms with E-state index in [4.69, 9.17) is 9.47 Å². The van der Waals surface area contributed by atoms with Gasteiger partial charge < -0.3 is 19.3 Å². The van der Waals surface area contributed by atoms with E-state index in [0.717, 1.165) is 31.4 Å². The van der Waals surface area contributed by atoms with Crippen LogP contribution in [0.15, 0.2) is 42.6 Å². The van der Waals surface area contributed by atoms with Crippen LogP contribution in [-0.2, 0) is 4.74 Å². The highest BCUT2D eigenvalue weighted by molar-refractivity contribution is 5.94. The maximum absolute atomic E-state index is 12.8. The summed E-state index contributed by atoms with van der Waals surface area (Å²) >= 11 is 0. The Morgan fingerprint density at radius 3 is 2.59 bits per heavy atom. The van der Waals surface area contributed by atoms with Crippen LogP contribution in [0.2, 0.25) is 0 Å². The van der Waals surface area contributed by atoms with Gasteiger partial charge in [0.05, 0.1) is 6.61 Å². The first-order valence-corrected chi connectivity index (χ1v) is 10.0. The van der Waals surface area contributed by atoms with Crippen molar-refractivity contribution in [2.45, 2.75) is 32.2 Å². The quantitative estimate of drug-likeness (QED) is 0.791. The zero-order chi connectivity index (χ0) is 20.2. The highest BCUT2D eigenvalue weighted by Gasteiger charge is 2.32. The molecule has 2 saturated heterocycles. The summed E-state index contributed by atoms with van der Waals surface area (Å²) in [5.74, 6) is 1.18. The third-order valence-electron chi connectivity index (χ3n) is 5.41. The van der Waals surface area contributed by atoms with E-state index in [1.54, 1.807) is 30.5 Å². The van der Waals surface area contributed by atoms with E-state index in [-0.39, 0.29) is 18.0 Å². The third-order valence-corrected chi connectivity index (χ3v) is 5.41. The van der Waals surface area contributed by atoms with Crippen molar-refractivity contribution in [1.29, 1.82) is 0 Å². The summed E-state index contributed by atoms with van der Waals surface area (Å²) in [5, 5.41) is 0. The molecule has 0 unspecified atom stereocenters. The van der Waals surface area contributed by atoms with E-state index >= 15 is 0 Å². The minimum absolute atomic E-state index is 0.00454. The maximum atomic E-state index is 12.8. The van der Waals surface area contributed by atoms with Crippen molar-refractivity contribution in [3.8, 4) is 11.6 Å². The molecule has 2 fully saturated rings. The summed E-state index contributed by atoms with van der Waals surface area (Å²) in [6.45, 7) is 4.51. The van der Waals surface area contributed by atoms with E-state index in [0.29, 0.717) is 36.9 Å². The lowest BCUT2D eigenvalue weighted by atomic mass is 10.0. The van der Waals surface area contributed by atoms with Gasteiger partial charge in [-0.2, -0.15) is 0 Å². The van der Waals surface area contributed by atoms with E-state index in [1.807, 2.05) is 28.9 Å². The molecule has 29 heavy (non-hydrogen) atoms. The number of likely N-dealkylation sites (tertiary alicyclic amines) is 1. The van der Waals surface area contributed by atoms with E-state index in [1.165, 1.54) is 0 Å². The summed E-state index contributed by atoms with van der Waals surface area (Å²) in [4.78, 5) is 32.6. The Morgan fingerprint density at radius 2 is 1.90 bits per heavy atom. The SMILES string of the molecule is Cc1ccnc(Oc2ccc(C(=O)N3CCC(N4CCCOC4=O)CC3)cc2)c1. The normalized spacial score (nSPS) is 17.8. The molecule has 2 amide bonds. The number of rotatable bonds is 4. The monoisotopic (exact) mass is 395 g/mol. The molecule has 0 saturated carbocycles. The van der Waals surface area contributed by atoms with Gasteiger partial charge in [0.25, 0.3) is 5.91 Å². The van der Waals surface area contributed by atoms with Gasteiger partial charge in [-0.25, -0.2) is 9.78 Å². The van der Waals surface area contributed by atoms with Gasteiger partial charge in [0, 0.05) is 43.5 Å². The lowest BCUT2D eigenvalue weighted by Crippen LogP contribution is -2.50. The van der Waals surface area contributed by atoms with Crippen molar-refractivity contribution in [2.75, 3.05) is 26.2 Å². The largest absolute Gasteiger partial charge is 0.449 e. The van der Waals surface area contributed by atoms with Gasteiger partial charge in [-0.15, -0.1) is 0 Å². The second-order valence-electron chi connectivity index (χ2n) is 7.48. The standard InChI is InChI=1S/C22H25N3O4/c1-16-7-10-23-20(15-16)29-19-5-3-17(4-6-19)21(26)24-12-8-18(9-13-24)25-11-2-14-28-22(25)27/h3-7,10,15,18H,2,8-9,11-14H2,1H3. The second kappa shape index (κ2) is 8.51. The van der Waals surface area contributed by atoms with Crippen molar-refractivity contribution in [3.63, 3.8) is 0 Å². The molecule has 0 bridgehead atoms. The molecule has 0 atom stereocenters. The fraction of sp³-hybridized carbons (Fsp3) is 0.409. The summed E-state index contributed by atoms with van der Waals surface area (Å²) in [6.07, 6.45) is 3.91. The first-order chi connectivity index (χ1) is 14.1. The first kappa shape index (κ1) is 19.2. The van der Waals surface area contributed by atoms with Gasteiger partial charge >= 0.3 is 6.09 Å². The van der Waals surface area contributed by atoms with Gasteiger partial charge in [0.1, 0.15) is 5.75 Å². The minimum Gasteiger partial charge on any atom is -0.449 e. The zero-order valence-electron chi connectivity index (χ0n) is 16.5. The number of ether oxygens (including phenoxy) is 2. The minimum atomic E-state index is -0.222. The molecule has 2 aliphatic heterocycles. The van der Waals surface area contributed by atoms with Crippen LogP contribution in [0.25, 0.3) is 0 Å². The molecule has 7 heteroatoms. The van der Waals surface area contributed by atoms with Gasteiger partial charge in [-0.3, -0.25) is 4.79 Å². The molecule has 0 radical (unpaired) electrons. The Morgan fingerprint density at radius 1 is 1.14 bits per heavy atom. The average molecular weight is 395 g/mol. The van der Waals surface area contributed by atoms with Crippen molar-refractivity contribution in [1.82, 2.24) is 14.8 Å². The Kier molecular flexibility index (Phi) is 5.64. The molecule has 7 nitrogen and oxygen atoms in total. The fourth-order valence-electron chi connectivity index (χ4n) is 3.81. The van der Waals surface area contributed by atoms with Crippen LogP contribution < -0.4 is 4.74 Å². The summed E-state index contributed by atoms with van der Waals surface area (Å²) in [5.41, 5.74) is 1.70. The number of hydrogen-bond donors (Lipinski definition) is 0. The van der Waals surface area contributed by atoms with Crippen molar-refractivity contribution in [2.24, 2.45) is 0 Å². The highest BCUT2D eigenvalue weighted by Crippen LogP contribution is 2.23. The first-order valence-electron chi connectivity index (χ1n) is 10.0. The smallest absolute Gasteiger partial charge is 0.410 e.